The average molecular weight is 375 g/mol. The summed E-state index contributed by atoms with van der Waals surface area (Å²) in [5, 5.41) is 11.7. The highest BCUT2D eigenvalue weighted by molar-refractivity contribution is 5.75. The number of carbonyl (C=O) groups is 2. The number of ether oxygens (including phenoxy) is 1. The number of pyridine rings is 1. The number of aromatic nitrogens is 1. The first-order valence-electron chi connectivity index (χ1n) is 8.14. The van der Waals surface area contributed by atoms with Gasteiger partial charge < -0.3 is 20.1 Å². The molecule has 0 aromatic carbocycles. The highest BCUT2D eigenvalue weighted by atomic mass is 19.4. The van der Waals surface area contributed by atoms with Gasteiger partial charge in [-0.05, 0) is 24.8 Å². The molecule has 2 N–H and O–H groups in total. The van der Waals surface area contributed by atoms with E-state index in [1.54, 1.807) is 11.0 Å². The fourth-order valence-electron chi connectivity index (χ4n) is 2.56. The van der Waals surface area contributed by atoms with E-state index >= 15 is 0 Å². The summed E-state index contributed by atoms with van der Waals surface area (Å²) in [7, 11) is 0. The van der Waals surface area contributed by atoms with Gasteiger partial charge in [0.15, 0.2) is 6.61 Å². The van der Waals surface area contributed by atoms with Crippen LogP contribution in [0.15, 0.2) is 18.3 Å². The SMILES string of the molecule is O=C(O)C1CCN(C(=O)NCCc2ccc(OCC(F)(F)F)nc2)CC1. The fourth-order valence-corrected chi connectivity index (χ4v) is 2.56. The summed E-state index contributed by atoms with van der Waals surface area (Å²) < 4.78 is 40.7. The van der Waals surface area contributed by atoms with Gasteiger partial charge in [-0.1, -0.05) is 6.07 Å². The van der Waals surface area contributed by atoms with Gasteiger partial charge in [0.1, 0.15) is 0 Å². The molecule has 0 unspecified atom stereocenters. The van der Waals surface area contributed by atoms with Crippen LogP contribution in [0, 0.1) is 5.92 Å². The predicted molar refractivity (Wildman–Crippen MR) is 84.8 cm³/mol. The van der Waals surface area contributed by atoms with E-state index in [0.717, 1.165) is 5.56 Å². The lowest BCUT2D eigenvalue weighted by molar-refractivity contribution is -0.154. The van der Waals surface area contributed by atoms with Crippen molar-refractivity contribution in [2.45, 2.75) is 25.4 Å². The van der Waals surface area contributed by atoms with E-state index in [1.165, 1.54) is 12.3 Å². The summed E-state index contributed by atoms with van der Waals surface area (Å²) in [6.45, 7) is -0.263. The molecule has 0 radical (unpaired) electrons. The quantitative estimate of drug-likeness (QED) is 0.794. The zero-order valence-corrected chi connectivity index (χ0v) is 14.0. The predicted octanol–water partition coefficient (Wildman–Crippen LogP) is 2.07. The number of carboxylic acids is 1. The minimum absolute atomic E-state index is 0.114. The van der Waals surface area contributed by atoms with Crippen LogP contribution in [0.3, 0.4) is 0 Å². The van der Waals surface area contributed by atoms with Gasteiger partial charge >= 0.3 is 18.2 Å². The van der Waals surface area contributed by atoms with Gasteiger partial charge in [0.2, 0.25) is 5.88 Å². The van der Waals surface area contributed by atoms with Crippen LogP contribution in [0.5, 0.6) is 5.88 Å². The van der Waals surface area contributed by atoms with Gasteiger partial charge in [0, 0.05) is 31.9 Å². The minimum Gasteiger partial charge on any atom is -0.481 e. The smallest absolute Gasteiger partial charge is 0.422 e. The molecule has 10 heteroatoms. The van der Waals surface area contributed by atoms with Crippen molar-refractivity contribution in [2.24, 2.45) is 5.92 Å². The summed E-state index contributed by atoms with van der Waals surface area (Å²) >= 11 is 0. The molecule has 0 saturated carbocycles. The molecule has 144 valence electrons. The third-order valence-electron chi connectivity index (χ3n) is 4.00. The molecule has 7 nitrogen and oxygen atoms in total. The molecular weight excluding hydrogens is 355 g/mol. The molecule has 1 aliphatic rings. The molecule has 0 bridgehead atoms. The maximum atomic E-state index is 12.1. The molecule has 1 aromatic rings. The summed E-state index contributed by atoms with van der Waals surface area (Å²) in [6, 6.07) is 2.68. The van der Waals surface area contributed by atoms with E-state index in [0.29, 0.717) is 38.9 Å². The Kier molecular flexibility index (Phi) is 6.64. The number of carbonyl (C=O) groups excluding carboxylic acids is 1. The van der Waals surface area contributed by atoms with Crippen LogP contribution in [0.2, 0.25) is 0 Å². The van der Waals surface area contributed by atoms with E-state index < -0.39 is 24.7 Å². The van der Waals surface area contributed by atoms with Crippen molar-refractivity contribution >= 4 is 12.0 Å². The Labute approximate surface area is 148 Å². The largest absolute Gasteiger partial charge is 0.481 e. The van der Waals surface area contributed by atoms with Crippen molar-refractivity contribution in [3.05, 3.63) is 23.9 Å². The number of halogens is 3. The molecule has 2 heterocycles. The molecule has 1 aliphatic heterocycles. The normalized spacial score (nSPS) is 15.6. The van der Waals surface area contributed by atoms with E-state index in [1.807, 2.05) is 0 Å². The van der Waals surface area contributed by atoms with Crippen molar-refractivity contribution in [1.82, 2.24) is 15.2 Å². The average Bonchev–Trinajstić information content (AvgIpc) is 2.60. The number of piperidine rings is 1. The van der Waals surface area contributed by atoms with Gasteiger partial charge in [-0.25, -0.2) is 9.78 Å². The third kappa shape index (κ3) is 6.41. The number of hydrogen-bond acceptors (Lipinski definition) is 4. The molecule has 2 amide bonds. The standard InChI is InChI=1S/C16H20F3N3O4/c17-16(18,19)10-26-13-2-1-11(9-21-13)3-6-20-15(25)22-7-4-12(5-8-22)14(23)24/h1-2,9,12H,3-8,10H2,(H,20,25)(H,23,24). The van der Waals surface area contributed by atoms with Gasteiger partial charge in [-0.2, -0.15) is 13.2 Å². The molecule has 26 heavy (non-hydrogen) atoms. The summed E-state index contributed by atoms with van der Waals surface area (Å²) in [5.74, 6) is -1.35. The summed E-state index contributed by atoms with van der Waals surface area (Å²) in [5.41, 5.74) is 0.745. The molecule has 1 fully saturated rings. The van der Waals surface area contributed by atoms with Crippen molar-refractivity contribution < 1.29 is 32.6 Å². The van der Waals surface area contributed by atoms with Crippen molar-refractivity contribution in [3.63, 3.8) is 0 Å². The number of aliphatic carboxylic acids is 1. The second-order valence-electron chi connectivity index (χ2n) is 5.99. The number of amides is 2. The highest BCUT2D eigenvalue weighted by Gasteiger charge is 2.28. The van der Waals surface area contributed by atoms with Crippen LogP contribution in [-0.4, -0.2) is 59.4 Å². The molecule has 0 spiro atoms. The number of nitrogens with one attached hydrogen (secondary N) is 1. The van der Waals surface area contributed by atoms with Gasteiger partial charge in [0.05, 0.1) is 5.92 Å². The second-order valence-corrected chi connectivity index (χ2v) is 5.99. The molecule has 0 atom stereocenters. The first kappa shape index (κ1) is 19.8. The first-order chi connectivity index (χ1) is 12.2. The number of rotatable bonds is 6. The topological polar surface area (TPSA) is 91.8 Å². The molecule has 1 saturated heterocycles. The Bertz CT molecular complexity index is 614. The van der Waals surface area contributed by atoms with Crippen LogP contribution >= 0.6 is 0 Å². The number of nitrogens with zero attached hydrogens (tertiary/aromatic N) is 2. The first-order valence-corrected chi connectivity index (χ1v) is 8.14. The van der Waals surface area contributed by atoms with Crippen molar-refractivity contribution in [3.8, 4) is 5.88 Å². The minimum atomic E-state index is -4.41. The maximum absolute atomic E-state index is 12.1. The Balaban J connectivity index is 1.69. The van der Waals surface area contributed by atoms with E-state index in [9.17, 15) is 22.8 Å². The Morgan fingerprint density at radius 3 is 2.54 bits per heavy atom. The van der Waals surface area contributed by atoms with Gasteiger partial charge in [-0.15, -0.1) is 0 Å². The maximum Gasteiger partial charge on any atom is 0.422 e. The lowest BCUT2D eigenvalue weighted by Crippen LogP contribution is -2.45. The Morgan fingerprint density at radius 2 is 2.00 bits per heavy atom. The lowest BCUT2D eigenvalue weighted by atomic mass is 9.97. The van der Waals surface area contributed by atoms with Crippen LogP contribution in [0.1, 0.15) is 18.4 Å². The van der Waals surface area contributed by atoms with E-state index in [4.69, 9.17) is 5.11 Å². The zero-order valence-electron chi connectivity index (χ0n) is 14.0. The van der Waals surface area contributed by atoms with E-state index in [-0.39, 0.29) is 11.9 Å². The zero-order chi connectivity index (χ0) is 19.2. The Hall–Kier alpha value is -2.52. The number of likely N-dealkylation sites (tertiary alicyclic amines) is 1. The number of urea groups is 1. The molecule has 0 aliphatic carbocycles. The van der Waals surface area contributed by atoms with E-state index in [2.05, 4.69) is 15.0 Å². The molecular formula is C16H20F3N3O4. The van der Waals surface area contributed by atoms with Crippen molar-refractivity contribution in [1.29, 1.82) is 0 Å². The summed E-state index contributed by atoms with van der Waals surface area (Å²) in [6.07, 6.45) is -1.68. The third-order valence-corrected chi connectivity index (χ3v) is 4.00. The number of alkyl halides is 3. The molecule has 2 rings (SSSR count). The highest BCUT2D eigenvalue weighted by Crippen LogP contribution is 2.18. The number of hydrogen-bond donors (Lipinski definition) is 2. The fraction of sp³-hybridized carbons (Fsp3) is 0.562. The van der Waals surface area contributed by atoms with Crippen LogP contribution in [-0.2, 0) is 11.2 Å². The second kappa shape index (κ2) is 8.72. The van der Waals surface area contributed by atoms with Crippen LogP contribution in [0.4, 0.5) is 18.0 Å². The van der Waals surface area contributed by atoms with Gasteiger partial charge in [-0.3, -0.25) is 4.79 Å². The van der Waals surface area contributed by atoms with Crippen molar-refractivity contribution in [2.75, 3.05) is 26.2 Å². The van der Waals surface area contributed by atoms with Gasteiger partial charge in [0.25, 0.3) is 0 Å². The summed E-state index contributed by atoms with van der Waals surface area (Å²) in [4.78, 5) is 28.3. The van der Waals surface area contributed by atoms with Crippen LogP contribution in [0.25, 0.3) is 0 Å². The lowest BCUT2D eigenvalue weighted by Gasteiger charge is -2.30. The monoisotopic (exact) mass is 375 g/mol. The number of carboxylic acid groups (broad SMARTS) is 1. The Morgan fingerprint density at radius 1 is 1.31 bits per heavy atom. The molecule has 1 aromatic heterocycles. The van der Waals surface area contributed by atoms with Crippen LogP contribution < -0.4 is 10.1 Å².